The van der Waals surface area contributed by atoms with Crippen molar-refractivity contribution in [3.63, 3.8) is 0 Å². The van der Waals surface area contributed by atoms with Crippen LogP contribution in [0, 0.1) is 12.7 Å². The first kappa shape index (κ1) is 15.9. The zero-order chi connectivity index (χ0) is 14.6. The average molecular weight is 269 g/mol. The number of rotatable bonds is 6. The molecule has 108 valence electrons. The molecule has 0 saturated carbocycles. The van der Waals surface area contributed by atoms with E-state index in [4.69, 9.17) is 4.74 Å². The molecule has 1 N–H and O–H groups in total. The summed E-state index contributed by atoms with van der Waals surface area (Å²) < 4.78 is 18.8. The Hall–Kier alpha value is -1.13. The van der Waals surface area contributed by atoms with Crippen LogP contribution in [-0.4, -0.2) is 31.4 Å². The molecule has 0 aliphatic heterocycles. The maximum atomic E-state index is 13.7. The lowest BCUT2D eigenvalue weighted by Gasteiger charge is -2.32. The van der Waals surface area contributed by atoms with E-state index in [0.717, 1.165) is 5.69 Å². The molecule has 19 heavy (non-hydrogen) atoms. The van der Waals surface area contributed by atoms with Crippen molar-refractivity contribution in [2.45, 2.75) is 39.8 Å². The molecule has 0 fully saturated rings. The van der Waals surface area contributed by atoms with E-state index in [1.165, 1.54) is 6.07 Å². The third-order valence-electron chi connectivity index (χ3n) is 3.23. The molecule has 1 aromatic carbocycles. The summed E-state index contributed by atoms with van der Waals surface area (Å²) in [6, 6.07) is 3.47. The van der Waals surface area contributed by atoms with Crippen molar-refractivity contribution < 1.29 is 14.2 Å². The number of hydrogen-bond acceptors (Lipinski definition) is 3. The first-order valence-electron chi connectivity index (χ1n) is 6.62. The maximum absolute atomic E-state index is 13.7. The predicted molar refractivity (Wildman–Crippen MR) is 76.1 cm³/mol. The van der Waals surface area contributed by atoms with Crippen molar-refractivity contribution in [3.8, 4) is 0 Å². The van der Waals surface area contributed by atoms with Gasteiger partial charge in [-0.2, -0.15) is 0 Å². The van der Waals surface area contributed by atoms with E-state index in [2.05, 4.69) is 18.7 Å². The fraction of sp³-hybridized carbons (Fsp3) is 0.600. The number of aliphatic hydroxyl groups excluding tert-OH is 1. The topological polar surface area (TPSA) is 32.7 Å². The summed E-state index contributed by atoms with van der Waals surface area (Å²) in [6.07, 6.45) is -0.700. The second kappa shape index (κ2) is 6.87. The van der Waals surface area contributed by atoms with Crippen LogP contribution in [0.2, 0.25) is 0 Å². The summed E-state index contributed by atoms with van der Waals surface area (Å²) in [6.45, 7) is 8.83. The lowest BCUT2D eigenvalue weighted by atomic mass is 10.0. The van der Waals surface area contributed by atoms with Crippen LogP contribution in [0.3, 0.4) is 0 Å². The van der Waals surface area contributed by atoms with E-state index in [-0.39, 0.29) is 11.9 Å². The van der Waals surface area contributed by atoms with E-state index in [1.54, 1.807) is 27.0 Å². The highest BCUT2D eigenvalue weighted by Gasteiger charge is 2.19. The maximum Gasteiger partial charge on any atom is 0.126 e. The number of anilines is 1. The lowest BCUT2D eigenvalue weighted by Crippen LogP contribution is -2.34. The Morgan fingerprint density at radius 2 is 1.95 bits per heavy atom. The molecule has 0 saturated heterocycles. The third-order valence-corrected chi connectivity index (χ3v) is 3.23. The van der Waals surface area contributed by atoms with Gasteiger partial charge in [-0.25, -0.2) is 4.39 Å². The molecule has 0 aromatic heterocycles. The first-order valence-corrected chi connectivity index (χ1v) is 6.62. The molecule has 3 nitrogen and oxygen atoms in total. The molecule has 1 rings (SSSR count). The van der Waals surface area contributed by atoms with E-state index < -0.39 is 6.10 Å². The van der Waals surface area contributed by atoms with Crippen LogP contribution in [0.5, 0.6) is 0 Å². The first-order chi connectivity index (χ1) is 8.88. The van der Waals surface area contributed by atoms with Crippen LogP contribution in [0.25, 0.3) is 0 Å². The number of aliphatic hydroxyl groups is 1. The Morgan fingerprint density at radius 1 is 1.32 bits per heavy atom. The van der Waals surface area contributed by atoms with Crippen LogP contribution < -0.4 is 4.90 Å². The van der Waals surface area contributed by atoms with Gasteiger partial charge < -0.3 is 14.7 Å². The van der Waals surface area contributed by atoms with Crippen LogP contribution in [0.15, 0.2) is 12.1 Å². The van der Waals surface area contributed by atoms with Gasteiger partial charge in [0.1, 0.15) is 5.82 Å². The summed E-state index contributed by atoms with van der Waals surface area (Å²) in [7, 11) is 1.66. The molecule has 4 heteroatoms. The van der Waals surface area contributed by atoms with Gasteiger partial charge in [0.15, 0.2) is 0 Å². The molecule has 0 spiro atoms. The molecule has 0 amide bonds. The van der Waals surface area contributed by atoms with E-state index in [0.29, 0.717) is 24.3 Å². The Balaban J connectivity index is 3.23. The summed E-state index contributed by atoms with van der Waals surface area (Å²) in [5.74, 6) is -0.282. The molecule has 1 aromatic rings. The second-order valence-electron chi connectivity index (χ2n) is 5.12. The summed E-state index contributed by atoms with van der Waals surface area (Å²) >= 11 is 0. The van der Waals surface area contributed by atoms with E-state index in [9.17, 15) is 9.50 Å². The molecule has 0 heterocycles. The van der Waals surface area contributed by atoms with Gasteiger partial charge in [-0.3, -0.25) is 0 Å². The number of aryl methyl sites for hydroxylation is 1. The minimum absolute atomic E-state index is 0.248. The quantitative estimate of drug-likeness (QED) is 0.861. The molecule has 0 aliphatic carbocycles. The highest BCUT2D eigenvalue weighted by atomic mass is 19.1. The summed E-state index contributed by atoms with van der Waals surface area (Å²) in [4.78, 5) is 2.12. The van der Waals surface area contributed by atoms with E-state index >= 15 is 0 Å². The second-order valence-corrected chi connectivity index (χ2v) is 5.12. The SMILES string of the molecule is COCCN(c1cc(C)c(F)cc1C(C)O)C(C)C. The van der Waals surface area contributed by atoms with Gasteiger partial charge in [-0.15, -0.1) is 0 Å². The number of ether oxygens (including phenoxy) is 1. The fourth-order valence-corrected chi connectivity index (χ4v) is 2.11. The minimum atomic E-state index is -0.700. The van der Waals surface area contributed by atoms with Crippen LogP contribution in [0.1, 0.15) is 38.0 Å². The van der Waals surface area contributed by atoms with Gasteiger partial charge in [0, 0.05) is 30.9 Å². The van der Waals surface area contributed by atoms with Gasteiger partial charge >= 0.3 is 0 Å². The number of halogens is 1. The normalized spacial score (nSPS) is 12.8. The molecule has 1 atom stereocenters. The smallest absolute Gasteiger partial charge is 0.126 e. The molecule has 0 radical (unpaired) electrons. The standard InChI is InChI=1S/C15H24FNO2/c1-10(2)17(6-7-19-5)15-8-11(3)14(16)9-13(15)12(4)18/h8-10,12,18H,6-7H2,1-5H3. The Labute approximate surface area is 115 Å². The van der Waals surface area contributed by atoms with Gasteiger partial charge in [0.05, 0.1) is 12.7 Å². The Morgan fingerprint density at radius 3 is 2.42 bits per heavy atom. The highest BCUT2D eigenvalue weighted by molar-refractivity contribution is 5.57. The Bertz CT molecular complexity index is 419. The fourth-order valence-electron chi connectivity index (χ4n) is 2.11. The van der Waals surface area contributed by atoms with E-state index in [1.807, 2.05) is 0 Å². The molecule has 1 unspecified atom stereocenters. The Kier molecular flexibility index (Phi) is 5.76. The van der Waals surface area contributed by atoms with Crippen LogP contribution >= 0.6 is 0 Å². The number of methoxy groups -OCH3 is 1. The van der Waals surface area contributed by atoms with Gasteiger partial charge in [-0.05, 0) is 45.4 Å². The number of hydrogen-bond donors (Lipinski definition) is 1. The zero-order valence-electron chi connectivity index (χ0n) is 12.4. The summed E-state index contributed by atoms with van der Waals surface area (Å²) in [5.41, 5.74) is 2.08. The highest BCUT2D eigenvalue weighted by Crippen LogP contribution is 2.30. The summed E-state index contributed by atoms with van der Waals surface area (Å²) in [5, 5.41) is 9.85. The largest absolute Gasteiger partial charge is 0.389 e. The van der Waals surface area contributed by atoms with Crippen molar-refractivity contribution in [1.29, 1.82) is 0 Å². The molecule has 0 aliphatic rings. The molecular formula is C15H24FNO2. The molecule has 0 bridgehead atoms. The average Bonchev–Trinajstić information content (AvgIpc) is 2.32. The zero-order valence-corrected chi connectivity index (χ0v) is 12.4. The van der Waals surface area contributed by atoms with Crippen molar-refractivity contribution >= 4 is 5.69 Å². The van der Waals surface area contributed by atoms with Gasteiger partial charge in [-0.1, -0.05) is 0 Å². The van der Waals surface area contributed by atoms with Crippen molar-refractivity contribution in [1.82, 2.24) is 0 Å². The molecular weight excluding hydrogens is 245 g/mol. The minimum Gasteiger partial charge on any atom is -0.389 e. The van der Waals surface area contributed by atoms with Gasteiger partial charge in [0.2, 0.25) is 0 Å². The van der Waals surface area contributed by atoms with Crippen LogP contribution in [0.4, 0.5) is 10.1 Å². The van der Waals surface area contributed by atoms with Crippen LogP contribution in [-0.2, 0) is 4.74 Å². The third kappa shape index (κ3) is 3.91. The number of nitrogens with zero attached hydrogens (tertiary/aromatic N) is 1. The van der Waals surface area contributed by atoms with Crippen molar-refractivity contribution in [3.05, 3.63) is 29.1 Å². The van der Waals surface area contributed by atoms with Gasteiger partial charge in [0.25, 0.3) is 0 Å². The number of benzene rings is 1. The monoisotopic (exact) mass is 269 g/mol. The predicted octanol–water partition coefficient (Wildman–Crippen LogP) is 3.05. The lowest BCUT2D eigenvalue weighted by molar-refractivity contribution is 0.196. The van der Waals surface area contributed by atoms with Crippen molar-refractivity contribution in [2.75, 3.05) is 25.2 Å². The van der Waals surface area contributed by atoms with Crippen molar-refractivity contribution in [2.24, 2.45) is 0 Å².